The van der Waals surface area contributed by atoms with Gasteiger partial charge in [0.05, 0.1) is 0 Å². The van der Waals surface area contributed by atoms with Crippen LogP contribution in [0.4, 0.5) is 14.5 Å². The van der Waals surface area contributed by atoms with Gasteiger partial charge in [0.15, 0.2) is 5.82 Å². The highest BCUT2D eigenvalue weighted by Gasteiger charge is 2.10. The molecule has 0 aliphatic rings. The van der Waals surface area contributed by atoms with Gasteiger partial charge < -0.3 is 5.73 Å². The molecule has 0 fully saturated rings. The fraction of sp³-hybridized carbons (Fsp3) is 0. The third-order valence-corrected chi connectivity index (χ3v) is 2.96. The average Bonchev–Trinajstić information content (AvgIpc) is 2.38. The Morgan fingerprint density at radius 2 is 1.84 bits per heavy atom. The fourth-order valence-electron chi connectivity index (χ4n) is 2.14. The maximum Gasteiger partial charge on any atom is 0.152 e. The van der Waals surface area contributed by atoms with Crippen LogP contribution in [0.2, 0.25) is 0 Å². The molecule has 0 atom stereocenters. The number of halogens is 2. The van der Waals surface area contributed by atoms with E-state index in [2.05, 4.69) is 4.98 Å². The van der Waals surface area contributed by atoms with Gasteiger partial charge in [-0.25, -0.2) is 8.78 Å². The van der Waals surface area contributed by atoms with Gasteiger partial charge in [0, 0.05) is 23.3 Å². The van der Waals surface area contributed by atoms with Gasteiger partial charge in [-0.15, -0.1) is 0 Å². The second-order valence-corrected chi connectivity index (χ2v) is 4.27. The zero-order valence-electron chi connectivity index (χ0n) is 9.90. The van der Waals surface area contributed by atoms with Crippen molar-refractivity contribution in [3.8, 4) is 11.1 Å². The molecular formula is C15H10F2N2. The third kappa shape index (κ3) is 2.01. The highest BCUT2D eigenvalue weighted by atomic mass is 19.1. The summed E-state index contributed by atoms with van der Waals surface area (Å²) in [5.74, 6) is -1.29. The number of hydrogen-bond acceptors (Lipinski definition) is 2. The van der Waals surface area contributed by atoms with Crippen molar-refractivity contribution in [2.45, 2.75) is 0 Å². The molecule has 3 aromatic rings. The van der Waals surface area contributed by atoms with Crippen LogP contribution in [-0.2, 0) is 0 Å². The van der Waals surface area contributed by atoms with Crippen LogP contribution in [0.25, 0.3) is 22.0 Å². The molecule has 0 spiro atoms. The van der Waals surface area contributed by atoms with Crippen molar-refractivity contribution in [1.82, 2.24) is 4.98 Å². The van der Waals surface area contributed by atoms with E-state index in [0.717, 1.165) is 11.6 Å². The van der Waals surface area contributed by atoms with Crippen LogP contribution in [-0.4, -0.2) is 4.98 Å². The van der Waals surface area contributed by atoms with Crippen molar-refractivity contribution in [2.24, 2.45) is 0 Å². The van der Waals surface area contributed by atoms with Gasteiger partial charge >= 0.3 is 0 Å². The normalized spacial score (nSPS) is 10.8. The number of nitrogen functional groups attached to an aromatic ring is 1. The van der Waals surface area contributed by atoms with Crippen LogP contribution >= 0.6 is 0 Å². The minimum Gasteiger partial charge on any atom is -0.399 e. The lowest BCUT2D eigenvalue weighted by Crippen LogP contribution is -1.91. The molecule has 0 saturated carbocycles. The van der Waals surface area contributed by atoms with Crippen LogP contribution in [0.3, 0.4) is 0 Å². The first kappa shape index (κ1) is 11.6. The van der Waals surface area contributed by atoms with E-state index in [1.165, 1.54) is 12.3 Å². The number of nitrogens with zero attached hydrogens (tertiary/aromatic N) is 1. The summed E-state index contributed by atoms with van der Waals surface area (Å²) in [6.45, 7) is 0. The first-order valence-electron chi connectivity index (χ1n) is 5.75. The molecule has 0 radical (unpaired) electrons. The lowest BCUT2D eigenvalue weighted by atomic mass is 10.0. The van der Waals surface area contributed by atoms with Crippen molar-refractivity contribution < 1.29 is 8.78 Å². The zero-order chi connectivity index (χ0) is 13.4. The van der Waals surface area contributed by atoms with E-state index in [9.17, 15) is 8.78 Å². The zero-order valence-corrected chi connectivity index (χ0v) is 9.90. The summed E-state index contributed by atoms with van der Waals surface area (Å²) in [5, 5.41) is 0.436. The molecule has 0 unspecified atom stereocenters. The van der Waals surface area contributed by atoms with Crippen LogP contribution in [0.15, 0.2) is 48.7 Å². The number of anilines is 1. The molecule has 0 bridgehead atoms. The number of pyridine rings is 1. The maximum absolute atomic E-state index is 13.7. The number of aromatic nitrogens is 1. The Bertz CT molecular complexity index is 769. The van der Waals surface area contributed by atoms with Gasteiger partial charge in [0.1, 0.15) is 11.3 Å². The minimum atomic E-state index is -0.666. The Balaban J connectivity index is 2.36. The first-order chi connectivity index (χ1) is 9.15. The number of hydrogen-bond donors (Lipinski definition) is 1. The van der Waals surface area contributed by atoms with Crippen molar-refractivity contribution in [1.29, 1.82) is 0 Å². The van der Waals surface area contributed by atoms with E-state index >= 15 is 0 Å². The summed E-state index contributed by atoms with van der Waals surface area (Å²) in [6, 6.07) is 11.0. The standard InChI is InChI=1S/C15H10F2N2/c16-10-7-13-12(9-2-1-3-11(18)6-9)4-5-19-15(13)14(17)8-10/h1-8H,18H2. The minimum absolute atomic E-state index is 0.154. The Kier molecular flexibility index (Phi) is 2.63. The number of benzene rings is 2. The van der Waals surface area contributed by atoms with Crippen molar-refractivity contribution in [2.75, 3.05) is 5.73 Å². The second kappa shape index (κ2) is 4.31. The smallest absolute Gasteiger partial charge is 0.152 e. The molecule has 2 aromatic carbocycles. The Labute approximate surface area is 108 Å². The lowest BCUT2D eigenvalue weighted by Gasteiger charge is -2.07. The van der Waals surface area contributed by atoms with Crippen LogP contribution in [0.1, 0.15) is 0 Å². The topological polar surface area (TPSA) is 38.9 Å². The predicted molar refractivity (Wildman–Crippen MR) is 71.5 cm³/mol. The molecule has 1 heterocycles. The van der Waals surface area contributed by atoms with Crippen molar-refractivity contribution in [3.63, 3.8) is 0 Å². The molecule has 2 N–H and O–H groups in total. The van der Waals surface area contributed by atoms with Crippen LogP contribution in [0.5, 0.6) is 0 Å². The number of nitrogens with two attached hydrogens (primary N) is 1. The molecule has 1 aromatic heterocycles. The average molecular weight is 256 g/mol. The predicted octanol–water partition coefficient (Wildman–Crippen LogP) is 3.76. The Morgan fingerprint density at radius 1 is 1.00 bits per heavy atom. The van der Waals surface area contributed by atoms with E-state index in [1.54, 1.807) is 24.3 Å². The summed E-state index contributed by atoms with van der Waals surface area (Å²) >= 11 is 0. The molecule has 0 aliphatic carbocycles. The molecule has 0 amide bonds. The van der Waals surface area contributed by atoms with Crippen molar-refractivity contribution >= 4 is 16.6 Å². The maximum atomic E-state index is 13.7. The second-order valence-electron chi connectivity index (χ2n) is 4.27. The van der Waals surface area contributed by atoms with Gasteiger partial charge in [-0.05, 0) is 35.4 Å². The summed E-state index contributed by atoms with van der Waals surface area (Å²) < 4.78 is 27.1. The molecule has 3 rings (SSSR count). The van der Waals surface area contributed by atoms with Gasteiger partial charge in [-0.1, -0.05) is 12.1 Å². The van der Waals surface area contributed by atoms with E-state index in [1.807, 2.05) is 6.07 Å². The summed E-state index contributed by atoms with van der Waals surface area (Å²) in [7, 11) is 0. The fourth-order valence-corrected chi connectivity index (χ4v) is 2.14. The lowest BCUT2D eigenvalue weighted by molar-refractivity contribution is 0.590. The highest BCUT2D eigenvalue weighted by Crippen LogP contribution is 2.30. The van der Waals surface area contributed by atoms with Gasteiger partial charge in [-0.2, -0.15) is 0 Å². The summed E-state index contributed by atoms with van der Waals surface area (Å²) in [5.41, 5.74) is 7.99. The van der Waals surface area contributed by atoms with Crippen LogP contribution < -0.4 is 5.73 Å². The number of rotatable bonds is 1. The Hall–Kier alpha value is -2.49. The largest absolute Gasteiger partial charge is 0.399 e. The Morgan fingerprint density at radius 3 is 2.63 bits per heavy atom. The molecule has 94 valence electrons. The van der Waals surface area contributed by atoms with Crippen LogP contribution in [0, 0.1) is 11.6 Å². The number of fused-ring (bicyclic) bond motifs is 1. The molecule has 0 aliphatic heterocycles. The van der Waals surface area contributed by atoms with E-state index in [-0.39, 0.29) is 5.52 Å². The van der Waals surface area contributed by atoms with E-state index in [0.29, 0.717) is 16.6 Å². The van der Waals surface area contributed by atoms with Gasteiger partial charge in [0.2, 0.25) is 0 Å². The highest BCUT2D eigenvalue weighted by molar-refractivity contribution is 5.95. The summed E-state index contributed by atoms with van der Waals surface area (Å²) in [6.07, 6.45) is 1.50. The quantitative estimate of drug-likeness (QED) is 0.673. The van der Waals surface area contributed by atoms with Crippen molar-refractivity contribution in [3.05, 3.63) is 60.3 Å². The van der Waals surface area contributed by atoms with E-state index < -0.39 is 11.6 Å². The van der Waals surface area contributed by atoms with E-state index in [4.69, 9.17) is 5.73 Å². The third-order valence-electron chi connectivity index (χ3n) is 2.96. The molecule has 19 heavy (non-hydrogen) atoms. The summed E-state index contributed by atoms with van der Waals surface area (Å²) in [4.78, 5) is 3.96. The molecular weight excluding hydrogens is 246 g/mol. The molecule has 4 heteroatoms. The first-order valence-corrected chi connectivity index (χ1v) is 5.75. The monoisotopic (exact) mass is 256 g/mol. The SMILES string of the molecule is Nc1cccc(-c2ccnc3c(F)cc(F)cc23)c1. The van der Waals surface area contributed by atoms with Gasteiger partial charge in [0.25, 0.3) is 0 Å². The molecule has 2 nitrogen and oxygen atoms in total. The molecule has 0 saturated heterocycles. The van der Waals surface area contributed by atoms with Gasteiger partial charge in [-0.3, -0.25) is 4.98 Å².